The first-order valence-corrected chi connectivity index (χ1v) is 7.04. The van der Waals surface area contributed by atoms with Crippen LogP contribution in [0.4, 0.5) is 10.1 Å². The summed E-state index contributed by atoms with van der Waals surface area (Å²) in [6, 6.07) is 5.98. The molecule has 1 aliphatic carbocycles. The van der Waals surface area contributed by atoms with Crippen molar-refractivity contribution >= 4 is 17.3 Å². The fourth-order valence-electron chi connectivity index (χ4n) is 2.58. The van der Waals surface area contributed by atoms with E-state index in [1.165, 1.54) is 12.8 Å². The minimum Gasteiger partial charge on any atom is -0.369 e. The van der Waals surface area contributed by atoms with Gasteiger partial charge in [-0.1, -0.05) is 17.7 Å². The maximum Gasteiger partial charge on any atom is 0.165 e. The summed E-state index contributed by atoms with van der Waals surface area (Å²) in [6.45, 7) is 2.91. The van der Waals surface area contributed by atoms with Gasteiger partial charge in [0.25, 0.3) is 0 Å². The van der Waals surface area contributed by atoms with Crippen molar-refractivity contribution in [3.8, 4) is 0 Å². The number of nitrogens with one attached hydrogen (secondary N) is 1. The van der Waals surface area contributed by atoms with Crippen LogP contribution in [0.1, 0.15) is 19.3 Å². The van der Waals surface area contributed by atoms with Crippen molar-refractivity contribution < 1.29 is 4.39 Å². The first-order chi connectivity index (χ1) is 8.74. The van der Waals surface area contributed by atoms with Gasteiger partial charge in [-0.3, -0.25) is 0 Å². The van der Waals surface area contributed by atoms with Gasteiger partial charge in [-0.15, -0.1) is 0 Å². The highest BCUT2D eigenvalue weighted by Crippen LogP contribution is 2.30. The third-order valence-corrected chi connectivity index (χ3v) is 4.12. The second-order valence-corrected chi connectivity index (χ2v) is 5.76. The molecule has 2 aliphatic rings. The summed E-state index contributed by atoms with van der Waals surface area (Å²) < 4.78 is 13.9. The van der Waals surface area contributed by atoms with Crippen LogP contribution in [0.15, 0.2) is 18.2 Å². The maximum atomic E-state index is 13.9. The molecule has 2 fully saturated rings. The maximum absolute atomic E-state index is 13.9. The van der Waals surface area contributed by atoms with E-state index in [9.17, 15) is 4.39 Å². The van der Waals surface area contributed by atoms with E-state index in [1.54, 1.807) is 6.07 Å². The third-order valence-electron chi connectivity index (χ3n) is 3.83. The Morgan fingerprint density at radius 3 is 2.94 bits per heavy atom. The van der Waals surface area contributed by atoms with Gasteiger partial charge in [0.05, 0.1) is 10.7 Å². The number of hydrogen-bond acceptors (Lipinski definition) is 2. The standard InChI is InChI=1S/C14H18ClFN2/c15-12-2-1-3-13(14(12)16)18-7-6-10(9-18)8-17-11-4-5-11/h1-3,10-11,17H,4-9H2. The van der Waals surface area contributed by atoms with E-state index in [0.29, 0.717) is 11.6 Å². The van der Waals surface area contributed by atoms with Crippen LogP contribution in [0.3, 0.4) is 0 Å². The molecule has 2 nitrogen and oxygen atoms in total. The Balaban J connectivity index is 1.61. The summed E-state index contributed by atoms with van der Waals surface area (Å²) in [4.78, 5) is 2.11. The van der Waals surface area contributed by atoms with Crippen molar-refractivity contribution in [2.75, 3.05) is 24.5 Å². The van der Waals surface area contributed by atoms with Crippen LogP contribution in [-0.2, 0) is 0 Å². The molecule has 1 aliphatic heterocycles. The second kappa shape index (κ2) is 5.06. The van der Waals surface area contributed by atoms with E-state index < -0.39 is 0 Å². The predicted molar refractivity (Wildman–Crippen MR) is 72.8 cm³/mol. The normalized spacial score (nSPS) is 23.7. The molecule has 1 saturated carbocycles. The van der Waals surface area contributed by atoms with Crippen molar-refractivity contribution in [1.29, 1.82) is 0 Å². The molecule has 1 unspecified atom stereocenters. The van der Waals surface area contributed by atoms with E-state index in [4.69, 9.17) is 11.6 Å². The number of nitrogens with zero attached hydrogens (tertiary/aromatic N) is 1. The molecule has 98 valence electrons. The molecule has 1 N–H and O–H groups in total. The highest BCUT2D eigenvalue weighted by Gasteiger charge is 2.27. The van der Waals surface area contributed by atoms with Crippen LogP contribution in [0.25, 0.3) is 0 Å². The van der Waals surface area contributed by atoms with Gasteiger partial charge in [0.2, 0.25) is 0 Å². The molecule has 3 rings (SSSR count). The highest BCUT2D eigenvalue weighted by molar-refractivity contribution is 6.31. The molecule has 0 amide bonds. The first-order valence-electron chi connectivity index (χ1n) is 6.66. The molecule has 0 aromatic heterocycles. The van der Waals surface area contributed by atoms with Gasteiger partial charge in [-0.2, -0.15) is 0 Å². The summed E-state index contributed by atoms with van der Waals surface area (Å²) in [7, 11) is 0. The van der Waals surface area contributed by atoms with Crippen LogP contribution in [0.2, 0.25) is 5.02 Å². The van der Waals surface area contributed by atoms with Crippen molar-refractivity contribution in [2.24, 2.45) is 5.92 Å². The summed E-state index contributed by atoms with van der Waals surface area (Å²) in [5, 5.41) is 3.76. The van der Waals surface area contributed by atoms with E-state index >= 15 is 0 Å². The van der Waals surface area contributed by atoms with E-state index in [0.717, 1.165) is 32.1 Å². The average molecular weight is 269 g/mol. The summed E-state index contributed by atoms with van der Waals surface area (Å²) in [5.41, 5.74) is 0.649. The molecule has 4 heteroatoms. The van der Waals surface area contributed by atoms with Crippen LogP contribution in [-0.4, -0.2) is 25.7 Å². The largest absolute Gasteiger partial charge is 0.369 e. The van der Waals surface area contributed by atoms with E-state index in [-0.39, 0.29) is 10.8 Å². The SMILES string of the molecule is Fc1c(Cl)cccc1N1CCC(CNC2CC2)C1. The van der Waals surface area contributed by atoms with E-state index in [1.807, 2.05) is 12.1 Å². The molecular formula is C14H18ClFN2. The topological polar surface area (TPSA) is 15.3 Å². The Morgan fingerprint density at radius 2 is 2.17 bits per heavy atom. The molecule has 18 heavy (non-hydrogen) atoms. The predicted octanol–water partition coefficient (Wildman–Crippen LogP) is 3.06. The molecule has 1 aromatic carbocycles. The van der Waals surface area contributed by atoms with Crippen molar-refractivity contribution in [3.63, 3.8) is 0 Å². The van der Waals surface area contributed by atoms with Crippen LogP contribution < -0.4 is 10.2 Å². The Labute approximate surface area is 112 Å². The van der Waals surface area contributed by atoms with Crippen LogP contribution in [0, 0.1) is 11.7 Å². The van der Waals surface area contributed by atoms with Gasteiger partial charge < -0.3 is 10.2 Å². The van der Waals surface area contributed by atoms with Gasteiger partial charge in [0, 0.05) is 19.1 Å². The van der Waals surface area contributed by atoms with Gasteiger partial charge in [-0.25, -0.2) is 4.39 Å². The molecule has 1 saturated heterocycles. The molecule has 0 spiro atoms. The smallest absolute Gasteiger partial charge is 0.165 e. The number of anilines is 1. The van der Waals surface area contributed by atoms with Crippen molar-refractivity contribution in [3.05, 3.63) is 29.0 Å². The number of benzene rings is 1. The molecule has 1 atom stereocenters. The fraction of sp³-hybridized carbons (Fsp3) is 0.571. The minimum atomic E-state index is -0.282. The molecule has 0 bridgehead atoms. The first kappa shape index (κ1) is 12.2. The zero-order valence-corrected chi connectivity index (χ0v) is 11.1. The van der Waals surface area contributed by atoms with Crippen LogP contribution >= 0.6 is 11.6 Å². The van der Waals surface area contributed by atoms with Crippen molar-refractivity contribution in [2.45, 2.75) is 25.3 Å². The molecular weight excluding hydrogens is 251 g/mol. The zero-order valence-electron chi connectivity index (χ0n) is 10.3. The fourth-order valence-corrected chi connectivity index (χ4v) is 2.75. The quantitative estimate of drug-likeness (QED) is 0.903. The monoisotopic (exact) mass is 268 g/mol. The lowest BCUT2D eigenvalue weighted by atomic mass is 10.1. The summed E-state index contributed by atoms with van der Waals surface area (Å²) >= 11 is 5.83. The Bertz CT molecular complexity index is 434. The van der Waals surface area contributed by atoms with Crippen LogP contribution in [0.5, 0.6) is 0 Å². The van der Waals surface area contributed by atoms with Crippen molar-refractivity contribution in [1.82, 2.24) is 5.32 Å². The van der Waals surface area contributed by atoms with Gasteiger partial charge >= 0.3 is 0 Å². The minimum absolute atomic E-state index is 0.215. The zero-order chi connectivity index (χ0) is 12.5. The number of halogens is 2. The molecule has 1 aromatic rings. The lowest BCUT2D eigenvalue weighted by Gasteiger charge is -2.20. The summed E-state index contributed by atoms with van der Waals surface area (Å²) in [5.74, 6) is 0.346. The van der Waals surface area contributed by atoms with Gasteiger partial charge in [-0.05, 0) is 43.9 Å². The van der Waals surface area contributed by atoms with E-state index in [2.05, 4.69) is 10.2 Å². The van der Waals surface area contributed by atoms with Gasteiger partial charge in [0.1, 0.15) is 0 Å². The molecule has 1 heterocycles. The Hall–Kier alpha value is -0.800. The lowest BCUT2D eigenvalue weighted by molar-refractivity contribution is 0.514. The third kappa shape index (κ3) is 2.62. The second-order valence-electron chi connectivity index (χ2n) is 5.36. The van der Waals surface area contributed by atoms with Gasteiger partial charge in [0.15, 0.2) is 5.82 Å². The Morgan fingerprint density at radius 1 is 1.33 bits per heavy atom. The number of rotatable bonds is 4. The molecule has 0 radical (unpaired) electrons. The Kier molecular flexibility index (Phi) is 3.44. The lowest BCUT2D eigenvalue weighted by Crippen LogP contribution is -2.27. The summed E-state index contributed by atoms with van der Waals surface area (Å²) in [6.07, 6.45) is 3.77. The highest BCUT2D eigenvalue weighted by atomic mass is 35.5. The number of hydrogen-bond donors (Lipinski definition) is 1. The average Bonchev–Trinajstić information content (AvgIpc) is 3.08.